The lowest BCUT2D eigenvalue weighted by molar-refractivity contribution is -0.115. The van der Waals surface area contributed by atoms with Crippen molar-refractivity contribution >= 4 is 45.7 Å². The van der Waals surface area contributed by atoms with Crippen molar-refractivity contribution in [3.8, 4) is 5.75 Å². The standard InChI is InChI=1S/C33H28N2O3S/c1-2-38-29-19-17-27(18-20-29)34-33(37)31(24-10-4-3-5-11-24)39-30-14-8-13-28(22-30)35-32(36)26-16-15-23-9-6-7-12-25(23)21-26/h3-22,31H,2H2,1H3,(H,34,37)(H,35,36). The summed E-state index contributed by atoms with van der Waals surface area (Å²) in [6.45, 7) is 2.52. The van der Waals surface area contributed by atoms with Gasteiger partial charge in [0.05, 0.1) is 6.61 Å². The zero-order chi connectivity index (χ0) is 27.0. The lowest BCUT2D eigenvalue weighted by Gasteiger charge is -2.18. The molecule has 194 valence electrons. The Kier molecular flexibility index (Phi) is 8.24. The van der Waals surface area contributed by atoms with Crippen LogP contribution in [0.25, 0.3) is 10.8 Å². The molecule has 0 spiro atoms. The van der Waals surface area contributed by atoms with Gasteiger partial charge in [-0.1, -0.05) is 66.7 Å². The molecule has 0 saturated heterocycles. The van der Waals surface area contributed by atoms with E-state index in [1.165, 1.54) is 11.8 Å². The molecular formula is C33H28N2O3S. The number of nitrogens with one attached hydrogen (secondary N) is 2. The van der Waals surface area contributed by atoms with Crippen molar-refractivity contribution in [3.63, 3.8) is 0 Å². The van der Waals surface area contributed by atoms with Gasteiger partial charge in [-0.3, -0.25) is 9.59 Å². The van der Waals surface area contributed by atoms with Crippen molar-refractivity contribution in [1.82, 2.24) is 0 Å². The molecule has 6 heteroatoms. The molecule has 0 aliphatic rings. The molecule has 0 aromatic heterocycles. The van der Waals surface area contributed by atoms with Gasteiger partial charge >= 0.3 is 0 Å². The van der Waals surface area contributed by atoms with E-state index in [0.29, 0.717) is 23.5 Å². The van der Waals surface area contributed by atoms with Crippen LogP contribution in [-0.4, -0.2) is 18.4 Å². The van der Waals surface area contributed by atoms with Crippen LogP contribution in [0.3, 0.4) is 0 Å². The largest absolute Gasteiger partial charge is 0.494 e. The number of rotatable bonds is 9. The van der Waals surface area contributed by atoms with E-state index in [0.717, 1.165) is 27.0 Å². The Morgan fingerprint density at radius 3 is 2.23 bits per heavy atom. The van der Waals surface area contributed by atoms with Crippen LogP contribution in [0.5, 0.6) is 5.75 Å². The number of carbonyl (C=O) groups is 2. The third-order valence-electron chi connectivity index (χ3n) is 6.13. The predicted octanol–water partition coefficient (Wildman–Crippen LogP) is 7.96. The van der Waals surface area contributed by atoms with E-state index < -0.39 is 5.25 Å². The molecule has 2 N–H and O–H groups in total. The molecule has 0 heterocycles. The van der Waals surface area contributed by atoms with Crippen molar-refractivity contribution in [2.75, 3.05) is 17.2 Å². The van der Waals surface area contributed by atoms with Crippen LogP contribution in [0.1, 0.15) is 28.1 Å². The molecule has 5 nitrogen and oxygen atoms in total. The van der Waals surface area contributed by atoms with Crippen LogP contribution in [0.2, 0.25) is 0 Å². The number of hydrogen-bond donors (Lipinski definition) is 2. The quantitative estimate of drug-likeness (QED) is 0.189. The van der Waals surface area contributed by atoms with E-state index in [9.17, 15) is 9.59 Å². The van der Waals surface area contributed by atoms with E-state index in [-0.39, 0.29) is 11.8 Å². The predicted molar refractivity (Wildman–Crippen MR) is 160 cm³/mol. The smallest absolute Gasteiger partial charge is 0.255 e. The highest BCUT2D eigenvalue weighted by Crippen LogP contribution is 2.37. The average Bonchev–Trinajstić information content (AvgIpc) is 2.97. The minimum atomic E-state index is -0.496. The van der Waals surface area contributed by atoms with E-state index in [4.69, 9.17) is 4.74 Å². The van der Waals surface area contributed by atoms with Gasteiger partial charge in [0.2, 0.25) is 5.91 Å². The summed E-state index contributed by atoms with van der Waals surface area (Å²) < 4.78 is 5.50. The molecule has 5 aromatic carbocycles. The number of carbonyl (C=O) groups excluding carboxylic acids is 2. The summed E-state index contributed by atoms with van der Waals surface area (Å²) in [5.74, 6) is 0.434. The number of amides is 2. The van der Waals surface area contributed by atoms with Crippen molar-refractivity contribution < 1.29 is 14.3 Å². The van der Waals surface area contributed by atoms with Crippen LogP contribution in [-0.2, 0) is 4.79 Å². The maximum Gasteiger partial charge on any atom is 0.255 e. The zero-order valence-corrected chi connectivity index (χ0v) is 22.3. The van der Waals surface area contributed by atoms with Gasteiger partial charge in [0.1, 0.15) is 11.0 Å². The Morgan fingerprint density at radius 1 is 0.718 bits per heavy atom. The topological polar surface area (TPSA) is 67.4 Å². The fourth-order valence-corrected chi connectivity index (χ4v) is 5.31. The molecule has 2 amide bonds. The highest BCUT2D eigenvalue weighted by Gasteiger charge is 2.22. The highest BCUT2D eigenvalue weighted by atomic mass is 32.2. The molecule has 39 heavy (non-hydrogen) atoms. The lowest BCUT2D eigenvalue weighted by atomic mass is 10.1. The SMILES string of the molecule is CCOc1ccc(NC(=O)C(Sc2cccc(NC(=O)c3ccc4ccccc4c3)c2)c2ccccc2)cc1. The Labute approximate surface area is 232 Å². The van der Waals surface area contributed by atoms with E-state index in [1.54, 1.807) is 0 Å². The third-order valence-corrected chi connectivity index (χ3v) is 7.38. The Balaban J connectivity index is 1.33. The summed E-state index contributed by atoms with van der Waals surface area (Å²) in [6.07, 6.45) is 0. The number of thioether (sulfide) groups is 1. The summed E-state index contributed by atoms with van der Waals surface area (Å²) >= 11 is 1.43. The minimum absolute atomic E-state index is 0.138. The second-order valence-electron chi connectivity index (χ2n) is 8.90. The summed E-state index contributed by atoms with van der Waals surface area (Å²) in [5, 5.41) is 7.63. The molecule has 5 aromatic rings. The summed E-state index contributed by atoms with van der Waals surface area (Å²) in [6, 6.07) is 38.2. The van der Waals surface area contributed by atoms with Gasteiger partial charge in [0.25, 0.3) is 5.91 Å². The zero-order valence-electron chi connectivity index (χ0n) is 21.5. The van der Waals surface area contributed by atoms with E-state index >= 15 is 0 Å². The van der Waals surface area contributed by atoms with Gasteiger partial charge in [0, 0.05) is 21.8 Å². The number of fused-ring (bicyclic) bond motifs is 1. The molecule has 0 fully saturated rings. The number of benzene rings is 5. The molecular weight excluding hydrogens is 504 g/mol. The molecule has 0 saturated carbocycles. The van der Waals surface area contributed by atoms with Gasteiger partial charge in [0.15, 0.2) is 0 Å². The van der Waals surface area contributed by atoms with Crippen molar-refractivity contribution in [3.05, 3.63) is 132 Å². The summed E-state index contributed by atoms with van der Waals surface area (Å²) in [5.41, 5.74) is 2.83. The normalized spacial score (nSPS) is 11.5. The van der Waals surface area contributed by atoms with Crippen LogP contribution in [0.15, 0.2) is 126 Å². The lowest BCUT2D eigenvalue weighted by Crippen LogP contribution is -2.19. The number of ether oxygens (including phenoxy) is 1. The van der Waals surface area contributed by atoms with Crippen LogP contribution in [0.4, 0.5) is 11.4 Å². The molecule has 1 atom stereocenters. The molecule has 0 aliphatic carbocycles. The highest BCUT2D eigenvalue weighted by molar-refractivity contribution is 8.00. The number of hydrogen-bond acceptors (Lipinski definition) is 4. The first kappa shape index (κ1) is 26.1. The molecule has 5 rings (SSSR count). The molecule has 1 unspecified atom stereocenters. The first-order valence-corrected chi connectivity index (χ1v) is 13.6. The van der Waals surface area contributed by atoms with Gasteiger partial charge < -0.3 is 15.4 Å². The number of anilines is 2. The van der Waals surface area contributed by atoms with Crippen LogP contribution < -0.4 is 15.4 Å². The second kappa shape index (κ2) is 12.3. The van der Waals surface area contributed by atoms with Crippen molar-refractivity contribution in [2.24, 2.45) is 0 Å². The van der Waals surface area contributed by atoms with Crippen molar-refractivity contribution in [1.29, 1.82) is 0 Å². The Bertz CT molecular complexity index is 1590. The Hall–Kier alpha value is -4.55. The Morgan fingerprint density at radius 2 is 1.46 bits per heavy atom. The molecule has 0 bridgehead atoms. The molecule has 0 radical (unpaired) electrons. The maximum atomic E-state index is 13.4. The summed E-state index contributed by atoms with van der Waals surface area (Å²) in [4.78, 5) is 27.3. The maximum absolute atomic E-state index is 13.4. The van der Waals surface area contributed by atoms with Crippen molar-refractivity contribution in [2.45, 2.75) is 17.1 Å². The van der Waals surface area contributed by atoms with Gasteiger partial charge in [-0.2, -0.15) is 0 Å². The van der Waals surface area contributed by atoms with Gasteiger partial charge in [-0.15, -0.1) is 11.8 Å². The second-order valence-corrected chi connectivity index (χ2v) is 10.1. The molecule has 0 aliphatic heterocycles. The van der Waals surface area contributed by atoms with Gasteiger partial charge in [-0.05, 0) is 77.9 Å². The fourth-order valence-electron chi connectivity index (χ4n) is 4.23. The van der Waals surface area contributed by atoms with E-state index in [1.807, 2.05) is 128 Å². The average molecular weight is 533 g/mol. The van der Waals surface area contributed by atoms with Crippen LogP contribution >= 0.6 is 11.8 Å². The summed E-state index contributed by atoms with van der Waals surface area (Å²) in [7, 11) is 0. The van der Waals surface area contributed by atoms with E-state index in [2.05, 4.69) is 10.6 Å². The fraction of sp³-hybridized carbons (Fsp3) is 0.0909. The first-order chi connectivity index (χ1) is 19.1. The first-order valence-electron chi connectivity index (χ1n) is 12.7. The van der Waals surface area contributed by atoms with Gasteiger partial charge in [-0.25, -0.2) is 0 Å². The minimum Gasteiger partial charge on any atom is -0.494 e. The monoisotopic (exact) mass is 532 g/mol. The van der Waals surface area contributed by atoms with Crippen LogP contribution in [0, 0.1) is 0 Å². The third kappa shape index (κ3) is 6.67.